The third-order valence-electron chi connectivity index (χ3n) is 5.58. The van der Waals surface area contributed by atoms with E-state index in [0.717, 1.165) is 68.3 Å². The Bertz CT molecular complexity index is 1110. The van der Waals surface area contributed by atoms with Crippen LogP contribution in [-0.4, -0.2) is 51.1 Å². The number of hydrogen-bond acceptors (Lipinski definition) is 6. The van der Waals surface area contributed by atoms with Crippen molar-refractivity contribution in [1.29, 1.82) is 0 Å². The molecule has 0 spiro atoms. The lowest BCUT2D eigenvalue weighted by molar-refractivity contribution is 0.240. The van der Waals surface area contributed by atoms with E-state index in [1.165, 1.54) is 5.39 Å². The summed E-state index contributed by atoms with van der Waals surface area (Å²) in [5.41, 5.74) is 3.16. The molecule has 0 saturated carbocycles. The van der Waals surface area contributed by atoms with E-state index in [9.17, 15) is 0 Å². The maximum absolute atomic E-state index is 5.45. The Labute approximate surface area is 176 Å². The summed E-state index contributed by atoms with van der Waals surface area (Å²) in [5, 5.41) is 5.37. The van der Waals surface area contributed by atoms with Gasteiger partial charge >= 0.3 is 0 Å². The summed E-state index contributed by atoms with van der Waals surface area (Å²) in [5.74, 6) is 1.34. The summed E-state index contributed by atoms with van der Waals surface area (Å²) in [6, 6.07) is 22.5. The molecule has 0 bridgehead atoms. The van der Waals surface area contributed by atoms with E-state index in [1.54, 1.807) is 0 Å². The van der Waals surface area contributed by atoms with Gasteiger partial charge in [-0.15, -0.1) is 0 Å². The number of hydrogen-bond donors (Lipinski definition) is 0. The molecule has 1 saturated heterocycles. The minimum Gasteiger partial charge on any atom is -0.334 e. The number of fused-ring (bicyclic) bond motifs is 1. The Kier molecular flexibility index (Phi) is 5.50. The van der Waals surface area contributed by atoms with Crippen molar-refractivity contribution in [3.8, 4) is 11.5 Å². The van der Waals surface area contributed by atoms with Crippen LogP contribution in [0.25, 0.3) is 22.4 Å². The van der Waals surface area contributed by atoms with Crippen LogP contribution in [0.2, 0.25) is 0 Å². The van der Waals surface area contributed by atoms with E-state index >= 15 is 0 Å². The molecule has 0 atom stereocenters. The van der Waals surface area contributed by atoms with Crippen LogP contribution in [0.5, 0.6) is 0 Å². The maximum atomic E-state index is 5.45. The van der Waals surface area contributed by atoms with Crippen molar-refractivity contribution < 1.29 is 4.52 Å². The second-order valence-corrected chi connectivity index (χ2v) is 7.78. The Balaban J connectivity index is 1.19. The molecule has 0 unspecified atom stereocenters. The van der Waals surface area contributed by atoms with Crippen molar-refractivity contribution in [2.24, 2.45) is 0 Å². The summed E-state index contributed by atoms with van der Waals surface area (Å²) >= 11 is 0. The van der Waals surface area contributed by atoms with Crippen molar-refractivity contribution in [3.63, 3.8) is 0 Å². The molecule has 4 aromatic rings. The van der Waals surface area contributed by atoms with Crippen molar-refractivity contribution in [2.45, 2.75) is 19.5 Å². The van der Waals surface area contributed by atoms with Crippen LogP contribution in [-0.2, 0) is 13.1 Å². The van der Waals surface area contributed by atoms with Gasteiger partial charge in [0.2, 0.25) is 0 Å². The molecule has 3 heterocycles. The number of pyridine rings is 1. The Hall–Kier alpha value is -3.09. The van der Waals surface area contributed by atoms with Crippen molar-refractivity contribution in [3.05, 3.63) is 78.2 Å². The van der Waals surface area contributed by atoms with E-state index in [2.05, 4.69) is 50.3 Å². The Morgan fingerprint density at radius 2 is 1.50 bits per heavy atom. The van der Waals surface area contributed by atoms with Gasteiger partial charge < -0.3 is 4.52 Å². The molecule has 1 aliphatic rings. The largest absolute Gasteiger partial charge is 0.334 e. The second kappa shape index (κ2) is 8.73. The van der Waals surface area contributed by atoms with Gasteiger partial charge in [-0.3, -0.25) is 14.8 Å². The zero-order chi connectivity index (χ0) is 20.2. The molecule has 1 aliphatic heterocycles. The molecule has 0 aliphatic carbocycles. The second-order valence-electron chi connectivity index (χ2n) is 7.78. The predicted octanol–water partition coefficient (Wildman–Crippen LogP) is 3.99. The first kappa shape index (κ1) is 18.9. The summed E-state index contributed by atoms with van der Waals surface area (Å²) < 4.78 is 5.45. The molecule has 0 amide bonds. The normalized spacial score (nSPS) is 16.0. The lowest BCUT2D eigenvalue weighted by Crippen LogP contribution is -2.30. The summed E-state index contributed by atoms with van der Waals surface area (Å²) in [7, 11) is 0. The van der Waals surface area contributed by atoms with Crippen LogP contribution in [0.4, 0.5) is 0 Å². The number of aromatic nitrogens is 3. The highest BCUT2D eigenvalue weighted by Crippen LogP contribution is 2.18. The molecule has 0 N–H and O–H groups in total. The maximum Gasteiger partial charge on any atom is 0.257 e. The van der Waals surface area contributed by atoms with Crippen LogP contribution in [0.15, 0.2) is 71.3 Å². The molecule has 0 radical (unpaired) electrons. The standard InChI is InChI=1S/C24H25N5O/c1-2-8-20(9-3-1)24-26-23(27-30-24)18-29-14-6-13-28(15-16-29)17-21-12-11-19-7-4-5-10-22(19)25-21/h1-5,7-12H,6,13-18H2. The molecule has 2 aromatic heterocycles. The van der Waals surface area contributed by atoms with Gasteiger partial charge in [-0.25, -0.2) is 0 Å². The highest BCUT2D eigenvalue weighted by atomic mass is 16.5. The summed E-state index contributed by atoms with van der Waals surface area (Å²) in [6.45, 7) is 5.72. The van der Waals surface area contributed by atoms with Crippen LogP contribution in [0.3, 0.4) is 0 Å². The minimum absolute atomic E-state index is 0.587. The van der Waals surface area contributed by atoms with Gasteiger partial charge in [0.1, 0.15) is 0 Å². The molecule has 1 fully saturated rings. The van der Waals surface area contributed by atoms with Gasteiger partial charge in [-0.1, -0.05) is 47.6 Å². The van der Waals surface area contributed by atoms with Crippen molar-refractivity contribution in [1.82, 2.24) is 24.9 Å². The van der Waals surface area contributed by atoms with E-state index in [0.29, 0.717) is 5.89 Å². The number of benzene rings is 2. The molecule has 30 heavy (non-hydrogen) atoms. The van der Waals surface area contributed by atoms with E-state index in [4.69, 9.17) is 9.51 Å². The van der Waals surface area contributed by atoms with Gasteiger partial charge in [0.25, 0.3) is 5.89 Å². The lowest BCUT2D eigenvalue weighted by Gasteiger charge is -2.20. The van der Waals surface area contributed by atoms with Gasteiger partial charge in [0.15, 0.2) is 5.82 Å². The molecule has 2 aromatic carbocycles. The van der Waals surface area contributed by atoms with E-state index < -0.39 is 0 Å². The smallest absolute Gasteiger partial charge is 0.257 e. The molecule has 5 rings (SSSR count). The van der Waals surface area contributed by atoms with Gasteiger partial charge in [0.05, 0.1) is 17.8 Å². The van der Waals surface area contributed by atoms with E-state index in [-0.39, 0.29) is 0 Å². The summed E-state index contributed by atoms with van der Waals surface area (Å²) in [6.07, 6.45) is 1.12. The van der Waals surface area contributed by atoms with Crippen molar-refractivity contribution >= 4 is 10.9 Å². The number of rotatable bonds is 5. The fourth-order valence-corrected chi connectivity index (χ4v) is 3.98. The molecule has 6 heteroatoms. The molecule has 6 nitrogen and oxygen atoms in total. The highest BCUT2D eigenvalue weighted by molar-refractivity contribution is 5.78. The van der Waals surface area contributed by atoms with Crippen LogP contribution in [0.1, 0.15) is 17.9 Å². The average molecular weight is 399 g/mol. The highest BCUT2D eigenvalue weighted by Gasteiger charge is 2.18. The van der Waals surface area contributed by atoms with Crippen LogP contribution < -0.4 is 0 Å². The van der Waals surface area contributed by atoms with Gasteiger partial charge in [0, 0.05) is 30.6 Å². The average Bonchev–Trinajstić information content (AvgIpc) is 3.15. The first-order valence-electron chi connectivity index (χ1n) is 10.5. The third kappa shape index (κ3) is 4.40. The lowest BCUT2D eigenvalue weighted by atomic mass is 10.2. The first-order chi connectivity index (χ1) is 14.8. The monoisotopic (exact) mass is 399 g/mol. The van der Waals surface area contributed by atoms with Crippen molar-refractivity contribution in [2.75, 3.05) is 26.2 Å². The SMILES string of the molecule is c1ccc(-c2nc(CN3CCCN(Cc4ccc5ccccc5n4)CC3)no2)cc1. The fourth-order valence-electron chi connectivity index (χ4n) is 3.98. The molecular formula is C24H25N5O. The fraction of sp³-hybridized carbons (Fsp3) is 0.292. The number of para-hydroxylation sites is 1. The topological polar surface area (TPSA) is 58.3 Å². The van der Waals surface area contributed by atoms with Crippen LogP contribution >= 0.6 is 0 Å². The van der Waals surface area contributed by atoms with E-state index in [1.807, 2.05) is 36.4 Å². The van der Waals surface area contributed by atoms with Crippen LogP contribution in [0, 0.1) is 0 Å². The number of nitrogens with zero attached hydrogens (tertiary/aromatic N) is 5. The Morgan fingerprint density at radius 1 is 0.733 bits per heavy atom. The summed E-state index contributed by atoms with van der Waals surface area (Å²) in [4.78, 5) is 14.3. The third-order valence-corrected chi connectivity index (χ3v) is 5.58. The first-order valence-corrected chi connectivity index (χ1v) is 10.5. The zero-order valence-corrected chi connectivity index (χ0v) is 16.9. The predicted molar refractivity (Wildman–Crippen MR) is 117 cm³/mol. The minimum atomic E-state index is 0.587. The Morgan fingerprint density at radius 3 is 2.37 bits per heavy atom. The van der Waals surface area contributed by atoms with Gasteiger partial charge in [-0.2, -0.15) is 4.98 Å². The van der Waals surface area contributed by atoms with Gasteiger partial charge in [-0.05, 0) is 43.8 Å². The zero-order valence-electron chi connectivity index (χ0n) is 16.9. The quantitative estimate of drug-likeness (QED) is 0.506. The molecule has 152 valence electrons. The molecular weight excluding hydrogens is 374 g/mol.